The Morgan fingerprint density at radius 3 is 2.36 bits per heavy atom. The first-order chi connectivity index (χ1) is 11.8. The van der Waals surface area contributed by atoms with Crippen LogP contribution >= 0.6 is 0 Å². The highest BCUT2D eigenvalue weighted by Crippen LogP contribution is 2.23. The van der Waals surface area contributed by atoms with Crippen LogP contribution in [0, 0.1) is 12.8 Å². The van der Waals surface area contributed by atoms with E-state index in [1.807, 2.05) is 30.0 Å². The number of urea groups is 1. The molecule has 0 unspecified atom stereocenters. The standard InChI is InChI=1S/C19H30N4O2/c1-13(2)15(4)21-17-8-5-7-16(14(17)3)18(24)22-9-6-10-23(12-11-22)19(20)25/h5,7-8,13,15,21H,6,9-12H2,1-4H3,(H2,20,25)/t15-/m0/s1. The summed E-state index contributed by atoms with van der Waals surface area (Å²) in [5.74, 6) is 0.522. The highest BCUT2D eigenvalue weighted by molar-refractivity contribution is 5.97. The fourth-order valence-electron chi connectivity index (χ4n) is 2.95. The largest absolute Gasteiger partial charge is 0.382 e. The lowest BCUT2D eigenvalue weighted by Crippen LogP contribution is -2.39. The number of hydrogen-bond acceptors (Lipinski definition) is 3. The number of amides is 3. The Bertz CT molecular complexity index is 630. The molecule has 1 saturated heterocycles. The van der Waals surface area contributed by atoms with Crippen LogP contribution in [0.1, 0.15) is 43.1 Å². The topological polar surface area (TPSA) is 78.7 Å². The minimum atomic E-state index is -0.417. The Kier molecular flexibility index (Phi) is 6.28. The summed E-state index contributed by atoms with van der Waals surface area (Å²) in [4.78, 5) is 27.8. The average Bonchev–Trinajstić information content (AvgIpc) is 2.82. The monoisotopic (exact) mass is 346 g/mol. The molecule has 0 spiro atoms. The highest BCUT2D eigenvalue weighted by atomic mass is 16.2. The summed E-state index contributed by atoms with van der Waals surface area (Å²) in [6.45, 7) is 10.7. The fourth-order valence-corrected chi connectivity index (χ4v) is 2.95. The van der Waals surface area contributed by atoms with Crippen molar-refractivity contribution in [1.82, 2.24) is 9.80 Å². The maximum atomic E-state index is 13.0. The molecule has 3 amide bonds. The number of benzene rings is 1. The van der Waals surface area contributed by atoms with E-state index in [4.69, 9.17) is 5.73 Å². The van der Waals surface area contributed by atoms with E-state index in [0.717, 1.165) is 17.7 Å². The smallest absolute Gasteiger partial charge is 0.314 e. The van der Waals surface area contributed by atoms with E-state index in [1.165, 1.54) is 0 Å². The zero-order chi connectivity index (χ0) is 18.6. The van der Waals surface area contributed by atoms with Crippen LogP contribution < -0.4 is 11.1 Å². The molecule has 1 fully saturated rings. The van der Waals surface area contributed by atoms with Crippen molar-refractivity contribution in [1.29, 1.82) is 0 Å². The van der Waals surface area contributed by atoms with Crippen molar-refractivity contribution in [2.45, 2.75) is 40.2 Å². The maximum Gasteiger partial charge on any atom is 0.314 e. The Labute approximate surface area is 150 Å². The molecular formula is C19H30N4O2. The Morgan fingerprint density at radius 2 is 1.72 bits per heavy atom. The van der Waals surface area contributed by atoms with Gasteiger partial charge >= 0.3 is 6.03 Å². The summed E-state index contributed by atoms with van der Waals surface area (Å²) < 4.78 is 0. The Morgan fingerprint density at radius 1 is 1.08 bits per heavy atom. The van der Waals surface area contributed by atoms with Gasteiger partial charge in [-0.25, -0.2) is 4.79 Å². The van der Waals surface area contributed by atoms with Crippen LogP contribution in [0.15, 0.2) is 18.2 Å². The summed E-state index contributed by atoms with van der Waals surface area (Å²) in [5.41, 5.74) is 8.04. The van der Waals surface area contributed by atoms with Crippen LogP contribution in [0.5, 0.6) is 0 Å². The van der Waals surface area contributed by atoms with Crippen LogP contribution in [0.25, 0.3) is 0 Å². The van der Waals surface area contributed by atoms with E-state index in [-0.39, 0.29) is 5.91 Å². The van der Waals surface area contributed by atoms with Crippen molar-refractivity contribution in [2.24, 2.45) is 11.7 Å². The molecule has 2 rings (SSSR count). The molecule has 138 valence electrons. The normalized spacial score (nSPS) is 16.5. The summed E-state index contributed by atoms with van der Waals surface area (Å²) in [6.07, 6.45) is 0.746. The lowest BCUT2D eigenvalue weighted by atomic mass is 10.0. The first-order valence-corrected chi connectivity index (χ1v) is 9.01. The van der Waals surface area contributed by atoms with Gasteiger partial charge in [-0.3, -0.25) is 4.79 Å². The molecule has 0 aliphatic carbocycles. The second-order valence-corrected chi connectivity index (χ2v) is 7.13. The third-order valence-electron chi connectivity index (χ3n) is 5.04. The van der Waals surface area contributed by atoms with Crippen LogP contribution in [0.3, 0.4) is 0 Å². The van der Waals surface area contributed by atoms with Gasteiger partial charge in [-0.1, -0.05) is 19.9 Å². The maximum absolute atomic E-state index is 13.0. The Hall–Kier alpha value is -2.24. The lowest BCUT2D eigenvalue weighted by Gasteiger charge is -2.24. The van der Waals surface area contributed by atoms with E-state index < -0.39 is 6.03 Å². The van der Waals surface area contributed by atoms with E-state index in [1.54, 1.807) is 4.90 Å². The number of rotatable bonds is 4. The van der Waals surface area contributed by atoms with Gasteiger partial charge in [0.1, 0.15) is 0 Å². The van der Waals surface area contributed by atoms with Gasteiger partial charge in [0.15, 0.2) is 0 Å². The predicted molar refractivity (Wildman–Crippen MR) is 101 cm³/mol. The molecule has 0 radical (unpaired) electrons. The van der Waals surface area contributed by atoms with Gasteiger partial charge in [0, 0.05) is 43.5 Å². The average molecular weight is 346 g/mol. The molecule has 6 heteroatoms. The van der Waals surface area contributed by atoms with Gasteiger partial charge in [0.25, 0.3) is 5.91 Å². The summed E-state index contributed by atoms with van der Waals surface area (Å²) in [7, 11) is 0. The number of nitrogens with zero attached hydrogens (tertiary/aromatic N) is 2. The number of nitrogens with one attached hydrogen (secondary N) is 1. The van der Waals surface area contributed by atoms with Gasteiger partial charge in [0.05, 0.1) is 0 Å². The van der Waals surface area contributed by atoms with E-state index >= 15 is 0 Å². The molecule has 1 heterocycles. The van der Waals surface area contributed by atoms with Crippen molar-refractivity contribution in [3.8, 4) is 0 Å². The van der Waals surface area contributed by atoms with E-state index in [0.29, 0.717) is 43.7 Å². The molecule has 1 aromatic carbocycles. The fraction of sp³-hybridized carbons (Fsp3) is 0.579. The summed E-state index contributed by atoms with van der Waals surface area (Å²) in [5, 5.41) is 3.50. The number of primary amides is 1. The summed E-state index contributed by atoms with van der Waals surface area (Å²) >= 11 is 0. The third-order valence-corrected chi connectivity index (χ3v) is 5.04. The van der Waals surface area contributed by atoms with E-state index in [9.17, 15) is 9.59 Å². The molecular weight excluding hydrogens is 316 g/mol. The van der Waals surface area contributed by atoms with Crippen LogP contribution in [0.4, 0.5) is 10.5 Å². The lowest BCUT2D eigenvalue weighted by molar-refractivity contribution is 0.0762. The zero-order valence-electron chi connectivity index (χ0n) is 15.7. The first-order valence-electron chi connectivity index (χ1n) is 9.01. The predicted octanol–water partition coefficient (Wildman–Crippen LogP) is 2.68. The molecule has 1 atom stereocenters. The third kappa shape index (κ3) is 4.65. The molecule has 1 aliphatic rings. The molecule has 0 bridgehead atoms. The number of hydrogen-bond donors (Lipinski definition) is 2. The molecule has 1 aromatic rings. The molecule has 6 nitrogen and oxygen atoms in total. The quantitative estimate of drug-likeness (QED) is 0.880. The minimum absolute atomic E-state index is 0.0182. The number of nitrogens with two attached hydrogens (primary N) is 1. The number of anilines is 1. The van der Waals surface area contributed by atoms with Crippen molar-refractivity contribution < 1.29 is 9.59 Å². The van der Waals surface area contributed by atoms with Crippen LogP contribution in [-0.2, 0) is 0 Å². The Balaban J connectivity index is 2.15. The SMILES string of the molecule is Cc1c(N[C@@H](C)C(C)C)cccc1C(=O)N1CCCN(C(N)=O)CC1. The van der Waals surface area contributed by atoms with Gasteiger partial charge in [-0.2, -0.15) is 0 Å². The summed E-state index contributed by atoms with van der Waals surface area (Å²) in [6, 6.07) is 5.72. The van der Waals surface area contributed by atoms with Crippen molar-refractivity contribution in [3.63, 3.8) is 0 Å². The zero-order valence-corrected chi connectivity index (χ0v) is 15.7. The van der Waals surface area contributed by atoms with Crippen molar-refractivity contribution >= 4 is 17.6 Å². The van der Waals surface area contributed by atoms with Gasteiger partial charge < -0.3 is 20.9 Å². The van der Waals surface area contributed by atoms with Gasteiger partial charge in [-0.05, 0) is 43.9 Å². The van der Waals surface area contributed by atoms with Crippen LogP contribution in [-0.4, -0.2) is 54.0 Å². The number of carbonyl (C=O) groups excluding carboxylic acids is 2. The molecule has 1 aliphatic heterocycles. The van der Waals surface area contributed by atoms with Gasteiger partial charge in [0.2, 0.25) is 0 Å². The minimum Gasteiger partial charge on any atom is -0.382 e. The number of carbonyl (C=O) groups is 2. The van der Waals surface area contributed by atoms with Crippen LogP contribution in [0.2, 0.25) is 0 Å². The second-order valence-electron chi connectivity index (χ2n) is 7.13. The highest BCUT2D eigenvalue weighted by Gasteiger charge is 2.23. The van der Waals surface area contributed by atoms with Crippen molar-refractivity contribution in [3.05, 3.63) is 29.3 Å². The second kappa shape index (κ2) is 8.23. The van der Waals surface area contributed by atoms with Crippen molar-refractivity contribution in [2.75, 3.05) is 31.5 Å². The molecule has 0 aromatic heterocycles. The first kappa shape index (κ1) is 19.1. The molecule has 25 heavy (non-hydrogen) atoms. The van der Waals surface area contributed by atoms with Gasteiger partial charge in [-0.15, -0.1) is 0 Å². The molecule has 3 N–H and O–H groups in total. The molecule has 0 saturated carbocycles. The van der Waals surface area contributed by atoms with E-state index in [2.05, 4.69) is 26.1 Å².